The Morgan fingerprint density at radius 2 is 1.35 bits per heavy atom. The number of rotatable bonds is 3. The maximum atomic E-state index is 6.31. The molecule has 228 valence electrons. The van der Waals surface area contributed by atoms with E-state index in [1.54, 1.807) is 0 Å². The molecule has 0 spiro atoms. The summed E-state index contributed by atoms with van der Waals surface area (Å²) in [4.78, 5) is 10.0. The fourth-order valence-corrected chi connectivity index (χ4v) is 8.98. The quantitative estimate of drug-likeness (QED) is 0.192. The third-order valence-electron chi connectivity index (χ3n) is 9.87. The highest BCUT2D eigenvalue weighted by Gasteiger charge is 2.19. The fraction of sp³-hybridized carbons (Fsp3) is 0. The summed E-state index contributed by atoms with van der Waals surface area (Å²) < 4.78 is 11.2. The van der Waals surface area contributed by atoms with Gasteiger partial charge in [-0.2, -0.15) is 0 Å². The average Bonchev–Trinajstić information content (AvgIpc) is 3.84. The molecule has 0 aliphatic heterocycles. The van der Waals surface area contributed by atoms with Crippen LogP contribution >= 0.6 is 11.3 Å². The van der Waals surface area contributed by atoms with Gasteiger partial charge in [-0.15, -0.1) is 11.3 Å². The number of benzene rings is 7. The highest BCUT2D eigenvalue weighted by molar-refractivity contribution is 7.26. The van der Waals surface area contributed by atoms with Crippen molar-refractivity contribution in [3.8, 4) is 28.1 Å². The van der Waals surface area contributed by atoms with E-state index >= 15 is 0 Å². The van der Waals surface area contributed by atoms with Gasteiger partial charge in [0, 0.05) is 42.2 Å². The first-order valence-corrected chi connectivity index (χ1v) is 17.2. The predicted molar refractivity (Wildman–Crippen MR) is 205 cm³/mol. The molecule has 0 atom stereocenters. The van der Waals surface area contributed by atoms with Crippen LogP contribution in [0.5, 0.6) is 0 Å². The molecule has 0 radical (unpaired) electrons. The van der Waals surface area contributed by atoms with Gasteiger partial charge in [0.15, 0.2) is 0 Å². The molecule has 0 N–H and O–H groups in total. The second-order valence-electron chi connectivity index (χ2n) is 12.6. The van der Waals surface area contributed by atoms with Crippen LogP contribution in [0.1, 0.15) is 0 Å². The first-order valence-electron chi connectivity index (χ1n) is 16.4. The van der Waals surface area contributed by atoms with Crippen LogP contribution in [0.2, 0.25) is 0 Å². The molecule has 0 unspecified atom stereocenters. The van der Waals surface area contributed by atoms with Crippen molar-refractivity contribution in [1.29, 1.82) is 0 Å². The maximum absolute atomic E-state index is 6.31. The minimum absolute atomic E-state index is 0.559. The Bertz CT molecular complexity index is 3110. The van der Waals surface area contributed by atoms with E-state index in [2.05, 4.69) is 144 Å². The van der Waals surface area contributed by atoms with Crippen molar-refractivity contribution in [2.75, 3.05) is 0 Å². The van der Waals surface area contributed by atoms with E-state index in [4.69, 9.17) is 14.4 Å². The topological polar surface area (TPSA) is 43.9 Å². The van der Waals surface area contributed by atoms with Gasteiger partial charge in [-0.3, -0.25) is 0 Å². The molecule has 0 aliphatic rings. The van der Waals surface area contributed by atoms with Gasteiger partial charge in [0.05, 0.1) is 28.3 Å². The second-order valence-corrected chi connectivity index (χ2v) is 13.6. The number of thiophene rings is 1. The Balaban J connectivity index is 1.11. The minimum atomic E-state index is 0.559. The summed E-state index contributed by atoms with van der Waals surface area (Å²) in [5, 5.41) is 8.22. The predicted octanol–water partition coefficient (Wildman–Crippen LogP) is 12.3. The molecule has 0 amide bonds. The van der Waals surface area contributed by atoms with Crippen molar-refractivity contribution in [3.63, 3.8) is 0 Å². The first kappa shape index (κ1) is 26.7. The van der Waals surface area contributed by atoms with Crippen molar-refractivity contribution < 1.29 is 4.42 Å². The lowest BCUT2D eigenvalue weighted by molar-refractivity contribution is 0.654. The number of hydrogen-bond donors (Lipinski definition) is 0. The van der Waals surface area contributed by atoms with Crippen LogP contribution in [0.4, 0.5) is 0 Å². The zero-order chi connectivity index (χ0) is 32.1. The normalized spacial score (nSPS) is 12.1. The molecule has 0 aliphatic carbocycles. The summed E-state index contributed by atoms with van der Waals surface area (Å²) in [7, 11) is 0. The molecule has 0 bridgehead atoms. The van der Waals surface area contributed by atoms with Gasteiger partial charge in [-0.1, -0.05) is 109 Å². The number of furan rings is 1. The Morgan fingerprint density at radius 3 is 2.29 bits per heavy atom. The summed E-state index contributed by atoms with van der Waals surface area (Å²) in [5.41, 5.74) is 10.0. The van der Waals surface area contributed by atoms with Gasteiger partial charge in [-0.25, -0.2) is 9.97 Å². The zero-order valence-corrected chi connectivity index (χ0v) is 26.9. The van der Waals surface area contributed by atoms with Crippen LogP contribution < -0.4 is 0 Å². The van der Waals surface area contributed by atoms with Crippen LogP contribution in [0.15, 0.2) is 156 Å². The molecule has 4 heterocycles. The van der Waals surface area contributed by atoms with Gasteiger partial charge >= 0.3 is 0 Å². The van der Waals surface area contributed by atoms with E-state index in [1.165, 1.54) is 53.1 Å². The Labute approximate surface area is 284 Å². The molecule has 11 aromatic rings. The van der Waals surface area contributed by atoms with E-state index < -0.39 is 0 Å². The Kier molecular flexibility index (Phi) is 5.51. The van der Waals surface area contributed by atoms with E-state index in [0.29, 0.717) is 5.71 Å². The molecule has 49 heavy (non-hydrogen) atoms. The summed E-state index contributed by atoms with van der Waals surface area (Å²) in [6.45, 7) is 0. The molecule has 0 saturated carbocycles. The molecule has 5 heteroatoms. The molecule has 7 aromatic carbocycles. The van der Waals surface area contributed by atoms with Gasteiger partial charge in [0.2, 0.25) is 5.71 Å². The summed E-state index contributed by atoms with van der Waals surface area (Å²) in [5.74, 6) is 0. The third kappa shape index (κ3) is 3.85. The van der Waals surface area contributed by atoms with Crippen LogP contribution in [-0.4, -0.2) is 14.5 Å². The second kappa shape index (κ2) is 10.1. The standard InChI is InChI=1S/C44H25N3OS/c1-2-11-28(12-3-1)47-36-18-7-6-14-31(36)32-22-20-27(24-37(32)47)30-15-8-17-34-40-33(16-9-19-39(40)49-43(30)34)35-25-45-42-41-29-13-5-4-10-26(29)21-23-38(41)48-44(42)46-35/h1-25H. The van der Waals surface area contributed by atoms with Crippen LogP contribution in [-0.2, 0) is 0 Å². The molecule has 4 nitrogen and oxygen atoms in total. The number of aromatic nitrogens is 3. The smallest absolute Gasteiger partial charge is 0.246 e. The van der Waals surface area contributed by atoms with Gasteiger partial charge in [-0.05, 0) is 58.3 Å². The fourth-order valence-electron chi connectivity index (χ4n) is 7.71. The van der Waals surface area contributed by atoms with Crippen molar-refractivity contribution >= 4 is 86.3 Å². The van der Waals surface area contributed by atoms with Crippen LogP contribution in [0.25, 0.3) is 103 Å². The molecular formula is C44H25N3OS. The highest BCUT2D eigenvalue weighted by atomic mass is 32.1. The number of nitrogens with zero attached hydrogens (tertiary/aromatic N) is 3. The zero-order valence-electron chi connectivity index (χ0n) is 26.1. The van der Waals surface area contributed by atoms with E-state index in [0.717, 1.165) is 44.2 Å². The van der Waals surface area contributed by atoms with E-state index in [-0.39, 0.29) is 0 Å². The maximum Gasteiger partial charge on any atom is 0.246 e. The summed E-state index contributed by atoms with van der Waals surface area (Å²) >= 11 is 1.83. The average molecular weight is 644 g/mol. The highest BCUT2D eigenvalue weighted by Crippen LogP contribution is 2.45. The van der Waals surface area contributed by atoms with Crippen LogP contribution in [0, 0.1) is 0 Å². The van der Waals surface area contributed by atoms with E-state index in [9.17, 15) is 0 Å². The lowest BCUT2D eigenvalue weighted by atomic mass is 9.99. The SMILES string of the molecule is c1ccc(-n2c3ccccc3c3ccc(-c4cccc5c4sc4cccc(-c6cnc7c(n6)oc6ccc8ccccc8c67)c45)cc32)cc1. The Morgan fingerprint density at radius 1 is 0.571 bits per heavy atom. The minimum Gasteiger partial charge on any atom is -0.436 e. The largest absolute Gasteiger partial charge is 0.436 e. The third-order valence-corrected chi connectivity index (χ3v) is 11.1. The molecule has 4 aromatic heterocycles. The van der Waals surface area contributed by atoms with Crippen molar-refractivity contribution in [2.24, 2.45) is 0 Å². The number of hydrogen-bond acceptors (Lipinski definition) is 4. The van der Waals surface area contributed by atoms with Crippen LogP contribution in [0.3, 0.4) is 0 Å². The first-order chi connectivity index (χ1) is 24.3. The molecule has 11 rings (SSSR count). The van der Waals surface area contributed by atoms with Crippen molar-refractivity contribution in [3.05, 3.63) is 152 Å². The van der Waals surface area contributed by atoms with E-state index in [1.807, 2.05) is 23.6 Å². The van der Waals surface area contributed by atoms with Gasteiger partial charge in [0.1, 0.15) is 11.1 Å². The lowest BCUT2D eigenvalue weighted by Gasteiger charge is -2.09. The molecular weight excluding hydrogens is 619 g/mol. The monoisotopic (exact) mass is 643 g/mol. The molecule has 0 saturated heterocycles. The van der Waals surface area contributed by atoms with Crippen molar-refractivity contribution in [2.45, 2.75) is 0 Å². The molecule has 0 fully saturated rings. The number of para-hydroxylation sites is 2. The summed E-state index contributed by atoms with van der Waals surface area (Å²) in [6.07, 6.45) is 1.90. The lowest BCUT2D eigenvalue weighted by Crippen LogP contribution is -1.93. The van der Waals surface area contributed by atoms with Crippen molar-refractivity contribution in [1.82, 2.24) is 14.5 Å². The van der Waals surface area contributed by atoms with Gasteiger partial charge in [0.25, 0.3) is 0 Å². The van der Waals surface area contributed by atoms with Gasteiger partial charge < -0.3 is 8.98 Å². The Hall–Kier alpha value is -6.30. The summed E-state index contributed by atoms with van der Waals surface area (Å²) in [6, 6.07) is 51.8. The number of fused-ring (bicyclic) bond motifs is 11.